The van der Waals surface area contributed by atoms with E-state index in [-0.39, 0.29) is 11.8 Å². The lowest BCUT2D eigenvalue weighted by atomic mass is 9.89. The van der Waals surface area contributed by atoms with Crippen molar-refractivity contribution >= 4 is 17.5 Å². The first kappa shape index (κ1) is 21.9. The molecular weight excluding hydrogens is 376 g/mol. The number of nitrogens with one attached hydrogen (secondary N) is 1. The number of benzene rings is 2. The predicted octanol–water partition coefficient (Wildman–Crippen LogP) is 5.38. The number of amides is 2. The van der Waals surface area contributed by atoms with Crippen LogP contribution in [0.1, 0.15) is 66.2 Å². The van der Waals surface area contributed by atoms with Crippen LogP contribution in [0.4, 0.5) is 5.69 Å². The first-order chi connectivity index (χ1) is 14.6. The molecular formula is C25H32N2O3. The molecule has 0 saturated heterocycles. The van der Waals surface area contributed by atoms with Gasteiger partial charge in [-0.3, -0.25) is 9.59 Å². The Labute approximate surface area is 179 Å². The highest BCUT2D eigenvalue weighted by Crippen LogP contribution is 2.24. The highest BCUT2D eigenvalue weighted by Gasteiger charge is 2.19. The molecule has 0 atom stereocenters. The molecule has 1 N–H and O–H groups in total. The first-order valence-corrected chi connectivity index (χ1v) is 11.0. The van der Waals surface area contributed by atoms with Crippen LogP contribution in [0.3, 0.4) is 0 Å². The standard InChI is InChI=1S/C25H32N2O3/c1-3-17-30-23-15-11-20(12-16-23)24(28)26-22-13-9-21(10-14-22)25(29)27(2)18-19-7-5-4-6-8-19/h9-16,19H,3-8,17-18H2,1-2H3,(H,26,28). The minimum absolute atomic E-state index is 0.0288. The van der Waals surface area contributed by atoms with Crippen molar-refractivity contribution in [2.45, 2.75) is 45.4 Å². The number of anilines is 1. The van der Waals surface area contributed by atoms with Crippen LogP contribution in [-0.4, -0.2) is 36.9 Å². The summed E-state index contributed by atoms with van der Waals surface area (Å²) >= 11 is 0. The van der Waals surface area contributed by atoms with Crippen molar-refractivity contribution in [1.29, 1.82) is 0 Å². The van der Waals surface area contributed by atoms with Crippen LogP contribution in [0, 0.1) is 5.92 Å². The fourth-order valence-corrected chi connectivity index (χ4v) is 3.88. The number of hydrogen-bond acceptors (Lipinski definition) is 3. The van der Waals surface area contributed by atoms with Crippen LogP contribution < -0.4 is 10.1 Å². The molecule has 0 aromatic heterocycles. The summed E-state index contributed by atoms with van der Waals surface area (Å²) in [6.07, 6.45) is 7.24. The molecule has 0 bridgehead atoms. The number of carbonyl (C=O) groups is 2. The quantitative estimate of drug-likeness (QED) is 0.638. The van der Waals surface area contributed by atoms with Crippen molar-refractivity contribution < 1.29 is 14.3 Å². The van der Waals surface area contributed by atoms with Gasteiger partial charge in [0, 0.05) is 30.4 Å². The SMILES string of the molecule is CCCOc1ccc(C(=O)Nc2ccc(C(=O)N(C)CC3CCCCC3)cc2)cc1. The fourth-order valence-electron chi connectivity index (χ4n) is 3.88. The van der Waals surface area contributed by atoms with Crippen LogP contribution in [0.2, 0.25) is 0 Å². The third-order valence-corrected chi connectivity index (χ3v) is 5.58. The van der Waals surface area contributed by atoms with E-state index in [0.29, 0.717) is 29.3 Å². The Kier molecular flexibility index (Phi) is 7.89. The lowest BCUT2D eigenvalue weighted by Gasteiger charge is -2.27. The van der Waals surface area contributed by atoms with Gasteiger partial charge in [0.25, 0.3) is 11.8 Å². The minimum atomic E-state index is -0.189. The molecule has 2 aromatic rings. The average Bonchev–Trinajstić information content (AvgIpc) is 2.78. The highest BCUT2D eigenvalue weighted by molar-refractivity contribution is 6.04. The molecule has 3 rings (SSSR count). The van der Waals surface area contributed by atoms with Crippen molar-refractivity contribution in [2.75, 3.05) is 25.5 Å². The second-order valence-corrected chi connectivity index (χ2v) is 8.09. The van der Waals surface area contributed by atoms with Gasteiger partial charge >= 0.3 is 0 Å². The van der Waals surface area contributed by atoms with Crippen LogP contribution in [-0.2, 0) is 0 Å². The fraction of sp³-hybridized carbons (Fsp3) is 0.440. The van der Waals surface area contributed by atoms with E-state index in [0.717, 1.165) is 18.7 Å². The average molecular weight is 409 g/mol. The van der Waals surface area contributed by atoms with E-state index in [2.05, 4.69) is 12.2 Å². The Morgan fingerprint density at radius 3 is 2.23 bits per heavy atom. The van der Waals surface area contributed by atoms with E-state index in [1.165, 1.54) is 32.1 Å². The molecule has 1 aliphatic rings. The summed E-state index contributed by atoms with van der Waals surface area (Å²) in [6.45, 7) is 3.53. The van der Waals surface area contributed by atoms with Gasteiger partial charge in [-0.1, -0.05) is 26.2 Å². The summed E-state index contributed by atoms with van der Waals surface area (Å²) in [6, 6.07) is 14.2. The van der Waals surface area contributed by atoms with Gasteiger partial charge in [-0.05, 0) is 73.7 Å². The van der Waals surface area contributed by atoms with Crippen LogP contribution in [0.25, 0.3) is 0 Å². The first-order valence-electron chi connectivity index (χ1n) is 11.0. The molecule has 0 spiro atoms. The molecule has 0 aliphatic heterocycles. The van der Waals surface area contributed by atoms with E-state index in [4.69, 9.17) is 4.74 Å². The van der Waals surface area contributed by atoms with Gasteiger partial charge in [0.2, 0.25) is 0 Å². The highest BCUT2D eigenvalue weighted by atomic mass is 16.5. The van der Waals surface area contributed by atoms with Crippen molar-refractivity contribution in [1.82, 2.24) is 4.90 Å². The summed E-state index contributed by atoms with van der Waals surface area (Å²) < 4.78 is 5.54. The van der Waals surface area contributed by atoms with E-state index >= 15 is 0 Å². The molecule has 5 nitrogen and oxygen atoms in total. The largest absolute Gasteiger partial charge is 0.494 e. The van der Waals surface area contributed by atoms with Gasteiger partial charge in [0.05, 0.1) is 6.61 Å². The molecule has 0 unspecified atom stereocenters. The minimum Gasteiger partial charge on any atom is -0.494 e. The topological polar surface area (TPSA) is 58.6 Å². The van der Waals surface area contributed by atoms with E-state index in [1.807, 2.05) is 11.9 Å². The van der Waals surface area contributed by atoms with Crippen LogP contribution >= 0.6 is 0 Å². The maximum Gasteiger partial charge on any atom is 0.255 e. The molecule has 1 fully saturated rings. The zero-order chi connectivity index (χ0) is 21.3. The predicted molar refractivity (Wildman–Crippen MR) is 120 cm³/mol. The lowest BCUT2D eigenvalue weighted by Crippen LogP contribution is -2.32. The molecule has 1 saturated carbocycles. The number of carbonyl (C=O) groups excluding carboxylic acids is 2. The third-order valence-electron chi connectivity index (χ3n) is 5.58. The van der Waals surface area contributed by atoms with Crippen molar-refractivity contribution in [3.63, 3.8) is 0 Å². The Morgan fingerprint density at radius 2 is 1.60 bits per heavy atom. The normalized spacial score (nSPS) is 14.2. The van der Waals surface area contributed by atoms with E-state index < -0.39 is 0 Å². The smallest absolute Gasteiger partial charge is 0.255 e. The molecule has 2 aromatic carbocycles. The van der Waals surface area contributed by atoms with Gasteiger partial charge in [-0.2, -0.15) is 0 Å². The van der Waals surface area contributed by atoms with E-state index in [9.17, 15) is 9.59 Å². The number of nitrogens with zero attached hydrogens (tertiary/aromatic N) is 1. The Balaban J connectivity index is 1.54. The summed E-state index contributed by atoms with van der Waals surface area (Å²) in [5.41, 5.74) is 1.87. The third kappa shape index (κ3) is 6.09. The molecule has 30 heavy (non-hydrogen) atoms. The summed E-state index contributed by atoms with van der Waals surface area (Å²) in [5, 5.41) is 2.88. The summed E-state index contributed by atoms with van der Waals surface area (Å²) in [4.78, 5) is 27.0. The van der Waals surface area contributed by atoms with Gasteiger partial charge < -0.3 is 15.0 Å². The number of ether oxygens (including phenoxy) is 1. The molecule has 0 radical (unpaired) electrons. The number of hydrogen-bond donors (Lipinski definition) is 1. The van der Waals surface area contributed by atoms with E-state index in [1.54, 1.807) is 48.5 Å². The van der Waals surface area contributed by atoms with Gasteiger partial charge in [0.1, 0.15) is 5.75 Å². The van der Waals surface area contributed by atoms with Gasteiger partial charge in [-0.25, -0.2) is 0 Å². The monoisotopic (exact) mass is 408 g/mol. The Bertz CT molecular complexity index is 824. The van der Waals surface area contributed by atoms with Crippen molar-refractivity contribution in [3.8, 4) is 5.75 Å². The Hall–Kier alpha value is -2.82. The molecule has 0 heterocycles. The van der Waals surface area contributed by atoms with Crippen molar-refractivity contribution in [3.05, 3.63) is 59.7 Å². The molecule has 160 valence electrons. The molecule has 5 heteroatoms. The zero-order valence-electron chi connectivity index (χ0n) is 18.0. The maximum absolute atomic E-state index is 12.7. The van der Waals surface area contributed by atoms with Crippen molar-refractivity contribution in [2.24, 2.45) is 5.92 Å². The molecule has 2 amide bonds. The maximum atomic E-state index is 12.7. The Morgan fingerprint density at radius 1 is 0.967 bits per heavy atom. The lowest BCUT2D eigenvalue weighted by molar-refractivity contribution is 0.0760. The summed E-state index contributed by atoms with van der Waals surface area (Å²) in [7, 11) is 1.88. The second-order valence-electron chi connectivity index (χ2n) is 8.09. The van der Waals surface area contributed by atoms with Crippen LogP contribution in [0.15, 0.2) is 48.5 Å². The number of rotatable bonds is 8. The van der Waals surface area contributed by atoms with Gasteiger partial charge in [-0.15, -0.1) is 0 Å². The van der Waals surface area contributed by atoms with Gasteiger partial charge in [0.15, 0.2) is 0 Å². The molecule has 1 aliphatic carbocycles. The summed E-state index contributed by atoms with van der Waals surface area (Å²) in [5.74, 6) is 1.21. The second kappa shape index (κ2) is 10.8. The zero-order valence-corrected chi connectivity index (χ0v) is 18.0. The van der Waals surface area contributed by atoms with Crippen LogP contribution in [0.5, 0.6) is 5.75 Å².